The lowest BCUT2D eigenvalue weighted by atomic mass is 9.98. The summed E-state index contributed by atoms with van der Waals surface area (Å²) < 4.78 is 15.1. The van der Waals surface area contributed by atoms with E-state index in [0.29, 0.717) is 17.0 Å². The van der Waals surface area contributed by atoms with Gasteiger partial charge in [-0.1, -0.05) is 67.4 Å². The van der Waals surface area contributed by atoms with Crippen molar-refractivity contribution in [2.45, 2.75) is 26.2 Å². The van der Waals surface area contributed by atoms with E-state index in [9.17, 15) is 0 Å². The van der Waals surface area contributed by atoms with Crippen LogP contribution in [0.15, 0.2) is 54.6 Å². The Hall–Kier alpha value is -2.12. The molecule has 0 bridgehead atoms. The van der Waals surface area contributed by atoms with Crippen LogP contribution < -0.4 is 0 Å². The second-order valence-electron chi connectivity index (χ2n) is 6.38. The summed E-state index contributed by atoms with van der Waals surface area (Å²) in [7, 11) is 0. The summed E-state index contributed by atoms with van der Waals surface area (Å²) in [5.74, 6) is -0.108. The van der Waals surface area contributed by atoms with Gasteiger partial charge in [0.1, 0.15) is 5.82 Å². The van der Waals surface area contributed by atoms with Gasteiger partial charge in [-0.15, -0.1) is 0 Å². The zero-order valence-corrected chi connectivity index (χ0v) is 14.3. The molecule has 3 aromatic carbocycles. The number of halogens is 2. The lowest BCUT2D eigenvalue weighted by Crippen LogP contribution is -1.92. The predicted octanol–water partition coefficient (Wildman–Crippen LogP) is 6.67. The molecule has 0 fully saturated rings. The van der Waals surface area contributed by atoms with Crippen molar-refractivity contribution in [1.29, 1.82) is 0 Å². The lowest BCUT2D eigenvalue weighted by molar-refractivity contribution is 0.620. The number of benzene rings is 3. The molecular formula is C22H18ClF. The first kappa shape index (κ1) is 15.4. The van der Waals surface area contributed by atoms with Gasteiger partial charge in [-0.05, 0) is 46.4 Å². The Morgan fingerprint density at radius 2 is 1.62 bits per heavy atom. The molecule has 0 spiro atoms. The summed E-state index contributed by atoms with van der Waals surface area (Å²) in [5, 5.41) is 0.663. The van der Waals surface area contributed by atoms with Crippen LogP contribution in [0, 0.1) is 5.82 Å². The fourth-order valence-electron chi connectivity index (χ4n) is 3.59. The van der Waals surface area contributed by atoms with Crippen LogP contribution in [0.2, 0.25) is 5.02 Å². The van der Waals surface area contributed by atoms with Crippen LogP contribution >= 0.6 is 11.6 Å². The molecule has 0 aliphatic heterocycles. The molecule has 1 aliphatic carbocycles. The predicted molar refractivity (Wildman–Crippen MR) is 99.1 cm³/mol. The Kier molecular flexibility index (Phi) is 3.90. The fourth-order valence-corrected chi connectivity index (χ4v) is 3.72. The third-order valence-electron chi connectivity index (χ3n) is 4.76. The molecule has 0 unspecified atom stereocenters. The van der Waals surface area contributed by atoms with Gasteiger partial charge in [0.15, 0.2) is 0 Å². The minimum Gasteiger partial charge on any atom is -0.206 e. The van der Waals surface area contributed by atoms with Crippen molar-refractivity contribution in [3.05, 3.63) is 82.1 Å². The molecule has 3 aromatic rings. The second-order valence-corrected chi connectivity index (χ2v) is 6.81. The molecule has 0 heterocycles. The third-order valence-corrected chi connectivity index (χ3v) is 5.02. The normalized spacial score (nSPS) is 12.1. The van der Waals surface area contributed by atoms with Gasteiger partial charge >= 0.3 is 0 Å². The molecule has 0 atom stereocenters. The molecule has 4 rings (SSSR count). The molecule has 0 nitrogen and oxygen atoms in total. The van der Waals surface area contributed by atoms with Gasteiger partial charge in [-0.3, -0.25) is 0 Å². The maximum Gasteiger partial charge on any atom is 0.135 e. The van der Waals surface area contributed by atoms with Crippen LogP contribution in [0.5, 0.6) is 0 Å². The Morgan fingerprint density at radius 1 is 0.917 bits per heavy atom. The van der Waals surface area contributed by atoms with Crippen molar-refractivity contribution in [2.24, 2.45) is 0 Å². The van der Waals surface area contributed by atoms with Gasteiger partial charge in [-0.2, -0.15) is 0 Å². The molecular weight excluding hydrogens is 319 g/mol. The van der Waals surface area contributed by atoms with E-state index in [1.165, 1.54) is 16.7 Å². The Balaban J connectivity index is 1.78. The zero-order valence-electron chi connectivity index (χ0n) is 13.6. The van der Waals surface area contributed by atoms with E-state index < -0.39 is 0 Å². The van der Waals surface area contributed by atoms with E-state index >= 15 is 4.39 Å². The largest absolute Gasteiger partial charge is 0.206 e. The first-order valence-electron chi connectivity index (χ1n) is 8.37. The number of rotatable bonds is 3. The maximum atomic E-state index is 15.1. The first-order valence-corrected chi connectivity index (χ1v) is 8.74. The highest BCUT2D eigenvalue weighted by atomic mass is 35.5. The summed E-state index contributed by atoms with van der Waals surface area (Å²) in [4.78, 5) is 0. The van der Waals surface area contributed by atoms with Gasteiger partial charge in [-0.25, -0.2) is 4.39 Å². The summed E-state index contributed by atoms with van der Waals surface area (Å²) in [6, 6.07) is 17.8. The first-order chi connectivity index (χ1) is 11.7. The Bertz CT molecular complexity index is 910. The SMILES string of the molecule is CCCc1ccc2c(c1)Cc1c-2ccc(-c2ccc(Cl)cc2)c1F. The van der Waals surface area contributed by atoms with E-state index in [1.807, 2.05) is 24.3 Å². The highest BCUT2D eigenvalue weighted by Crippen LogP contribution is 2.41. The Labute approximate surface area is 146 Å². The van der Waals surface area contributed by atoms with Crippen LogP contribution in [0.4, 0.5) is 4.39 Å². The van der Waals surface area contributed by atoms with Gasteiger partial charge < -0.3 is 0 Å². The van der Waals surface area contributed by atoms with Crippen molar-refractivity contribution >= 4 is 11.6 Å². The van der Waals surface area contributed by atoms with Crippen LogP contribution in [-0.2, 0) is 12.8 Å². The molecule has 0 N–H and O–H groups in total. The monoisotopic (exact) mass is 336 g/mol. The van der Waals surface area contributed by atoms with E-state index in [1.54, 1.807) is 12.1 Å². The molecule has 0 amide bonds. The van der Waals surface area contributed by atoms with Crippen LogP contribution in [0.25, 0.3) is 22.3 Å². The molecule has 24 heavy (non-hydrogen) atoms. The number of fused-ring (bicyclic) bond motifs is 3. The van der Waals surface area contributed by atoms with Gasteiger partial charge in [0, 0.05) is 22.6 Å². The number of hydrogen-bond donors (Lipinski definition) is 0. The topological polar surface area (TPSA) is 0 Å². The lowest BCUT2D eigenvalue weighted by Gasteiger charge is -2.09. The standard InChI is InChI=1S/C22H18ClF/c1-2-3-14-4-9-18-16(12-14)13-21-20(18)11-10-19(22(21)24)15-5-7-17(23)8-6-15/h4-12H,2-3,13H2,1H3. The smallest absolute Gasteiger partial charge is 0.135 e. The van der Waals surface area contributed by atoms with Crippen LogP contribution in [-0.4, -0.2) is 0 Å². The third kappa shape index (κ3) is 2.53. The summed E-state index contributed by atoms with van der Waals surface area (Å²) in [6.07, 6.45) is 2.87. The van der Waals surface area contributed by atoms with Crippen molar-refractivity contribution in [3.63, 3.8) is 0 Å². The van der Waals surface area contributed by atoms with Crippen molar-refractivity contribution < 1.29 is 4.39 Å². The number of hydrogen-bond acceptors (Lipinski definition) is 0. The van der Waals surface area contributed by atoms with E-state index in [-0.39, 0.29) is 5.82 Å². The molecule has 120 valence electrons. The van der Waals surface area contributed by atoms with Gasteiger partial charge in [0.25, 0.3) is 0 Å². The van der Waals surface area contributed by atoms with Crippen LogP contribution in [0.3, 0.4) is 0 Å². The maximum absolute atomic E-state index is 15.1. The summed E-state index contributed by atoms with van der Waals surface area (Å²) >= 11 is 5.94. The van der Waals surface area contributed by atoms with E-state index in [4.69, 9.17) is 11.6 Å². The van der Waals surface area contributed by atoms with Gasteiger partial charge in [0.05, 0.1) is 0 Å². The van der Waals surface area contributed by atoms with Crippen molar-refractivity contribution in [3.8, 4) is 22.3 Å². The summed E-state index contributed by atoms with van der Waals surface area (Å²) in [5.41, 5.74) is 7.10. The average molecular weight is 337 g/mol. The van der Waals surface area contributed by atoms with Crippen molar-refractivity contribution in [2.75, 3.05) is 0 Å². The Morgan fingerprint density at radius 3 is 2.38 bits per heavy atom. The molecule has 1 aliphatic rings. The molecule has 2 heteroatoms. The summed E-state index contributed by atoms with van der Waals surface area (Å²) in [6.45, 7) is 2.18. The highest BCUT2D eigenvalue weighted by molar-refractivity contribution is 6.30. The fraction of sp³-hybridized carbons (Fsp3) is 0.182. The molecule has 0 saturated carbocycles. The molecule has 0 saturated heterocycles. The highest BCUT2D eigenvalue weighted by Gasteiger charge is 2.24. The molecule has 0 aromatic heterocycles. The minimum absolute atomic E-state index is 0.108. The zero-order chi connectivity index (χ0) is 16.7. The van der Waals surface area contributed by atoms with Crippen LogP contribution in [0.1, 0.15) is 30.0 Å². The molecule has 0 radical (unpaired) electrons. The van der Waals surface area contributed by atoms with E-state index in [0.717, 1.165) is 29.5 Å². The van der Waals surface area contributed by atoms with Gasteiger partial charge in [0.2, 0.25) is 0 Å². The van der Waals surface area contributed by atoms with Crippen molar-refractivity contribution in [1.82, 2.24) is 0 Å². The quantitative estimate of drug-likeness (QED) is 0.392. The van der Waals surface area contributed by atoms with E-state index in [2.05, 4.69) is 25.1 Å². The minimum atomic E-state index is -0.108. The number of aryl methyl sites for hydroxylation is 1. The average Bonchev–Trinajstić information content (AvgIpc) is 2.95. The second kappa shape index (κ2) is 6.07.